The van der Waals surface area contributed by atoms with Gasteiger partial charge < -0.3 is 19.5 Å². The number of carbonyl (C=O) groups is 1. The van der Waals surface area contributed by atoms with E-state index < -0.39 is 0 Å². The average Bonchev–Trinajstić information content (AvgIpc) is 3.27. The molecular weight excluding hydrogens is 246 g/mol. The van der Waals surface area contributed by atoms with E-state index in [1.807, 2.05) is 0 Å². The summed E-state index contributed by atoms with van der Waals surface area (Å²) in [5.74, 6) is 1.31. The van der Waals surface area contributed by atoms with Crippen LogP contribution in [0.4, 0.5) is 0 Å². The second kappa shape index (κ2) is 6.43. The number of aliphatic hydroxyl groups is 1. The van der Waals surface area contributed by atoms with Crippen molar-refractivity contribution in [2.75, 3.05) is 26.9 Å². The van der Waals surface area contributed by atoms with E-state index in [1.165, 1.54) is 0 Å². The maximum Gasteiger partial charge on any atom is 0.260 e. The summed E-state index contributed by atoms with van der Waals surface area (Å²) in [6.07, 6.45) is 2.04. The molecule has 0 atom stereocenters. The first-order valence-corrected chi connectivity index (χ1v) is 6.41. The van der Waals surface area contributed by atoms with Crippen molar-refractivity contribution >= 4 is 5.91 Å². The van der Waals surface area contributed by atoms with Crippen LogP contribution in [0.5, 0.6) is 11.5 Å². The topological polar surface area (TPSA) is 59.0 Å². The first-order valence-electron chi connectivity index (χ1n) is 6.41. The van der Waals surface area contributed by atoms with E-state index in [9.17, 15) is 4.79 Å². The molecule has 5 nitrogen and oxygen atoms in total. The van der Waals surface area contributed by atoms with E-state index in [-0.39, 0.29) is 19.1 Å². The van der Waals surface area contributed by atoms with Gasteiger partial charge in [-0.3, -0.25) is 4.79 Å². The van der Waals surface area contributed by atoms with Crippen molar-refractivity contribution in [3.63, 3.8) is 0 Å². The molecule has 1 aliphatic carbocycles. The van der Waals surface area contributed by atoms with E-state index in [0.29, 0.717) is 18.3 Å². The Morgan fingerprint density at radius 3 is 2.47 bits per heavy atom. The summed E-state index contributed by atoms with van der Waals surface area (Å²) in [6, 6.07) is 7.39. The molecule has 2 rings (SSSR count). The number of benzene rings is 1. The van der Waals surface area contributed by atoms with E-state index in [4.69, 9.17) is 14.6 Å². The van der Waals surface area contributed by atoms with Gasteiger partial charge in [0.15, 0.2) is 6.61 Å². The van der Waals surface area contributed by atoms with Crippen LogP contribution in [-0.4, -0.2) is 48.8 Å². The third-order valence-corrected chi connectivity index (χ3v) is 3.07. The molecule has 1 amide bonds. The van der Waals surface area contributed by atoms with E-state index in [0.717, 1.165) is 18.6 Å². The monoisotopic (exact) mass is 265 g/mol. The first kappa shape index (κ1) is 13.7. The highest BCUT2D eigenvalue weighted by Gasteiger charge is 2.32. The third-order valence-electron chi connectivity index (χ3n) is 3.07. The van der Waals surface area contributed by atoms with Gasteiger partial charge in [-0.1, -0.05) is 0 Å². The van der Waals surface area contributed by atoms with Crippen LogP contribution in [0.3, 0.4) is 0 Å². The molecule has 0 heterocycles. The van der Waals surface area contributed by atoms with Crippen LogP contribution in [-0.2, 0) is 4.79 Å². The molecule has 0 aliphatic heterocycles. The van der Waals surface area contributed by atoms with E-state index in [2.05, 4.69) is 0 Å². The number of carbonyl (C=O) groups excluding carboxylic acids is 1. The molecule has 0 spiro atoms. The van der Waals surface area contributed by atoms with Gasteiger partial charge in [-0.15, -0.1) is 0 Å². The van der Waals surface area contributed by atoms with E-state index >= 15 is 0 Å². The molecule has 0 aromatic heterocycles. The molecule has 5 heteroatoms. The minimum atomic E-state index is -0.0765. The van der Waals surface area contributed by atoms with Crippen molar-refractivity contribution in [3.8, 4) is 11.5 Å². The molecule has 0 saturated heterocycles. The standard InChI is InChI=1S/C14H19NO4/c1-18-12-4-6-13(7-5-12)19-10-14(17)15(8-9-16)11-2-3-11/h4-7,11,16H,2-3,8-10H2,1H3. The Bertz CT molecular complexity index is 414. The number of amides is 1. The Balaban J connectivity index is 1.84. The zero-order valence-corrected chi connectivity index (χ0v) is 11.0. The molecule has 0 radical (unpaired) electrons. The van der Waals surface area contributed by atoms with Gasteiger partial charge in [-0.05, 0) is 37.1 Å². The number of hydrogen-bond acceptors (Lipinski definition) is 4. The maximum absolute atomic E-state index is 12.0. The Morgan fingerprint density at radius 2 is 1.95 bits per heavy atom. The van der Waals surface area contributed by atoms with Crippen LogP contribution in [0, 0.1) is 0 Å². The van der Waals surface area contributed by atoms with Crippen LogP contribution < -0.4 is 9.47 Å². The number of hydrogen-bond donors (Lipinski definition) is 1. The van der Waals surface area contributed by atoms with Crippen LogP contribution in [0.25, 0.3) is 0 Å². The van der Waals surface area contributed by atoms with Crippen LogP contribution in [0.2, 0.25) is 0 Å². The predicted octanol–water partition coefficient (Wildman–Crippen LogP) is 1.06. The SMILES string of the molecule is COc1ccc(OCC(=O)N(CCO)C2CC2)cc1. The van der Waals surface area contributed by atoms with Crippen molar-refractivity contribution in [1.82, 2.24) is 4.90 Å². The minimum absolute atomic E-state index is 0.00281. The first-order chi connectivity index (χ1) is 9.24. The lowest BCUT2D eigenvalue weighted by atomic mass is 10.3. The lowest BCUT2D eigenvalue weighted by Gasteiger charge is -2.21. The fourth-order valence-corrected chi connectivity index (χ4v) is 1.90. The molecule has 0 bridgehead atoms. The fourth-order valence-electron chi connectivity index (χ4n) is 1.90. The third kappa shape index (κ3) is 3.86. The molecular formula is C14H19NO4. The molecule has 0 unspecified atom stereocenters. The molecule has 19 heavy (non-hydrogen) atoms. The zero-order valence-electron chi connectivity index (χ0n) is 11.0. The molecule has 1 saturated carbocycles. The van der Waals surface area contributed by atoms with Gasteiger partial charge in [0.25, 0.3) is 5.91 Å². The summed E-state index contributed by atoms with van der Waals surface area (Å²) < 4.78 is 10.5. The summed E-state index contributed by atoms with van der Waals surface area (Å²) in [4.78, 5) is 13.7. The summed E-state index contributed by atoms with van der Waals surface area (Å²) >= 11 is 0. The molecule has 1 aromatic rings. The highest BCUT2D eigenvalue weighted by molar-refractivity contribution is 5.78. The summed E-state index contributed by atoms with van der Waals surface area (Å²) in [6.45, 7) is 0.378. The largest absolute Gasteiger partial charge is 0.497 e. The summed E-state index contributed by atoms with van der Waals surface area (Å²) in [7, 11) is 1.60. The molecule has 1 fully saturated rings. The Labute approximate surface area is 112 Å². The lowest BCUT2D eigenvalue weighted by Crippen LogP contribution is -2.38. The number of ether oxygens (including phenoxy) is 2. The summed E-state index contributed by atoms with van der Waals surface area (Å²) in [5, 5.41) is 8.96. The van der Waals surface area contributed by atoms with Gasteiger partial charge in [0.2, 0.25) is 0 Å². The maximum atomic E-state index is 12.0. The van der Waals surface area contributed by atoms with Crippen LogP contribution in [0.1, 0.15) is 12.8 Å². The van der Waals surface area contributed by atoms with Crippen molar-refractivity contribution in [1.29, 1.82) is 0 Å². The molecule has 1 N–H and O–H groups in total. The Hall–Kier alpha value is -1.75. The van der Waals surface area contributed by atoms with Gasteiger partial charge in [-0.25, -0.2) is 0 Å². The van der Waals surface area contributed by atoms with Gasteiger partial charge in [0, 0.05) is 12.6 Å². The normalized spacial score (nSPS) is 14.0. The highest BCUT2D eigenvalue weighted by atomic mass is 16.5. The zero-order chi connectivity index (χ0) is 13.7. The molecule has 104 valence electrons. The van der Waals surface area contributed by atoms with Gasteiger partial charge in [-0.2, -0.15) is 0 Å². The lowest BCUT2D eigenvalue weighted by molar-refractivity contribution is -0.134. The van der Waals surface area contributed by atoms with Crippen molar-refractivity contribution < 1.29 is 19.4 Å². The predicted molar refractivity (Wildman–Crippen MR) is 70.3 cm³/mol. The number of aliphatic hydroxyl groups excluding tert-OH is 1. The Morgan fingerprint density at radius 1 is 1.32 bits per heavy atom. The van der Waals surface area contributed by atoms with Crippen LogP contribution >= 0.6 is 0 Å². The van der Waals surface area contributed by atoms with Gasteiger partial charge in [0.05, 0.1) is 13.7 Å². The number of nitrogens with zero attached hydrogens (tertiary/aromatic N) is 1. The second-order valence-corrected chi connectivity index (χ2v) is 4.51. The molecule has 1 aromatic carbocycles. The average molecular weight is 265 g/mol. The van der Waals surface area contributed by atoms with Gasteiger partial charge in [0.1, 0.15) is 11.5 Å². The quantitative estimate of drug-likeness (QED) is 0.801. The molecule has 1 aliphatic rings. The Kier molecular flexibility index (Phi) is 4.63. The summed E-state index contributed by atoms with van der Waals surface area (Å²) in [5.41, 5.74) is 0. The second-order valence-electron chi connectivity index (χ2n) is 4.51. The van der Waals surface area contributed by atoms with Crippen molar-refractivity contribution in [3.05, 3.63) is 24.3 Å². The van der Waals surface area contributed by atoms with Crippen LogP contribution in [0.15, 0.2) is 24.3 Å². The number of methoxy groups -OCH3 is 1. The van der Waals surface area contributed by atoms with Crippen molar-refractivity contribution in [2.45, 2.75) is 18.9 Å². The van der Waals surface area contributed by atoms with Crippen molar-refractivity contribution in [2.24, 2.45) is 0 Å². The van der Waals surface area contributed by atoms with Gasteiger partial charge >= 0.3 is 0 Å². The van der Waals surface area contributed by atoms with E-state index in [1.54, 1.807) is 36.3 Å². The fraction of sp³-hybridized carbons (Fsp3) is 0.500. The minimum Gasteiger partial charge on any atom is -0.497 e. The number of rotatable bonds is 7. The smallest absolute Gasteiger partial charge is 0.260 e. The highest BCUT2D eigenvalue weighted by Crippen LogP contribution is 2.26.